The van der Waals surface area contributed by atoms with Gasteiger partial charge in [0.25, 0.3) is 0 Å². The van der Waals surface area contributed by atoms with Crippen molar-refractivity contribution in [2.24, 2.45) is 4.99 Å². The summed E-state index contributed by atoms with van der Waals surface area (Å²) in [5.74, 6) is 0.199. The average Bonchev–Trinajstić information content (AvgIpc) is 3.02. The van der Waals surface area contributed by atoms with Crippen LogP contribution in [0.2, 0.25) is 0 Å². The van der Waals surface area contributed by atoms with Gasteiger partial charge < -0.3 is 49.2 Å². The van der Waals surface area contributed by atoms with Crippen LogP contribution < -0.4 is 18.9 Å². The number of ether oxygens (including phenoxy) is 5. The summed E-state index contributed by atoms with van der Waals surface area (Å²) in [6.45, 7) is 1.40. The second-order valence-electron chi connectivity index (χ2n) is 10.0. The van der Waals surface area contributed by atoms with E-state index in [2.05, 4.69) is 10.2 Å². The first-order chi connectivity index (χ1) is 20.2. The second kappa shape index (κ2) is 13.6. The molecule has 2 heterocycles. The predicted octanol–water partition coefficient (Wildman–Crippen LogP) is -0.264. The van der Waals surface area contributed by atoms with Gasteiger partial charge in [0.1, 0.15) is 24.4 Å². The number of esters is 1. The van der Waals surface area contributed by atoms with Gasteiger partial charge in [-0.1, -0.05) is 0 Å². The molecule has 0 radical (unpaired) electrons. The van der Waals surface area contributed by atoms with Gasteiger partial charge in [-0.3, -0.25) is 4.99 Å². The summed E-state index contributed by atoms with van der Waals surface area (Å²) in [4.78, 5) is 17.8. The van der Waals surface area contributed by atoms with Crippen molar-refractivity contribution in [3.8, 4) is 23.3 Å². The van der Waals surface area contributed by atoms with Gasteiger partial charge in [-0.15, -0.1) is 10.2 Å². The Morgan fingerprint density at radius 1 is 0.952 bits per heavy atom. The Labute approximate surface area is 242 Å². The largest absolute Gasteiger partial charge is 0.493 e. The first-order valence-corrected chi connectivity index (χ1v) is 13.6. The number of hydrogen-bond donors (Lipinski definition) is 5. The fourth-order valence-corrected chi connectivity index (χ4v) is 5.36. The quantitative estimate of drug-likeness (QED) is 0.202. The molecule has 0 amide bonds. The summed E-state index contributed by atoms with van der Waals surface area (Å²) >= 11 is 0. The van der Waals surface area contributed by atoms with Gasteiger partial charge in [-0.05, 0) is 43.9 Å². The minimum Gasteiger partial charge on any atom is -0.493 e. The fraction of sp³-hybridized carbons (Fsp3) is 0.571. The Kier molecular flexibility index (Phi) is 10.2. The summed E-state index contributed by atoms with van der Waals surface area (Å²) in [5.41, 5.74) is 2.77. The first kappa shape index (κ1) is 31.4. The van der Waals surface area contributed by atoms with Crippen molar-refractivity contribution in [1.29, 1.82) is 0 Å². The van der Waals surface area contributed by atoms with Crippen LogP contribution in [-0.4, -0.2) is 119 Å². The highest BCUT2D eigenvalue weighted by molar-refractivity contribution is 6.16. The number of methoxy groups -OCH3 is 3. The number of carbonyl (C=O) groups is 1. The summed E-state index contributed by atoms with van der Waals surface area (Å²) in [6, 6.07) is 5.19. The van der Waals surface area contributed by atoms with Gasteiger partial charge in [0.2, 0.25) is 11.8 Å². The smallest absolute Gasteiger partial charge is 0.338 e. The van der Waals surface area contributed by atoms with Crippen LogP contribution in [0, 0.1) is 0 Å². The van der Waals surface area contributed by atoms with Crippen LogP contribution in [0.3, 0.4) is 0 Å². The molecule has 42 heavy (non-hydrogen) atoms. The molecule has 2 aromatic rings. The van der Waals surface area contributed by atoms with Crippen molar-refractivity contribution in [3.05, 3.63) is 34.9 Å². The van der Waals surface area contributed by atoms with Crippen molar-refractivity contribution in [1.82, 2.24) is 10.2 Å². The van der Waals surface area contributed by atoms with Gasteiger partial charge in [0, 0.05) is 17.5 Å². The van der Waals surface area contributed by atoms with Crippen molar-refractivity contribution in [2.75, 3.05) is 34.5 Å². The molecule has 2 aliphatic rings. The highest BCUT2D eigenvalue weighted by Crippen LogP contribution is 2.46. The molecule has 1 saturated carbocycles. The maximum atomic E-state index is 12.7. The van der Waals surface area contributed by atoms with Crippen LogP contribution in [0.4, 0.5) is 0 Å². The van der Waals surface area contributed by atoms with Gasteiger partial charge in [0.05, 0.1) is 51.9 Å². The van der Waals surface area contributed by atoms with E-state index in [1.54, 1.807) is 6.07 Å². The molecule has 4 rings (SSSR count). The number of carbonyl (C=O) groups excluding carboxylic acids is 1. The first-order valence-electron chi connectivity index (χ1n) is 13.6. The van der Waals surface area contributed by atoms with Gasteiger partial charge >= 0.3 is 5.97 Å². The molecular formula is C28H37N3O11. The van der Waals surface area contributed by atoms with E-state index in [1.807, 2.05) is 19.1 Å². The van der Waals surface area contributed by atoms with Crippen molar-refractivity contribution in [3.63, 3.8) is 0 Å². The van der Waals surface area contributed by atoms with Crippen LogP contribution in [0.1, 0.15) is 48.8 Å². The molecule has 1 fully saturated rings. The molecule has 0 bridgehead atoms. The minimum absolute atomic E-state index is 0.216. The highest BCUT2D eigenvalue weighted by atomic mass is 16.6. The van der Waals surface area contributed by atoms with E-state index in [-0.39, 0.29) is 23.7 Å². The zero-order chi connectivity index (χ0) is 30.6. The zero-order valence-electron chi connectivity index (χ0n) is 23.8. The molecule has 7 atom stereocenters. The monoisotopic (exact) mass is 591 g/mol. The molecule has 0 spiro atoms. The summed E-state index contributed by atoms with van der Waals surface area (Å²) < 4.78 is 27.8. The maximum absolute atomic E-state index is 12.7. The van der Waals surface area contributed by atoms with Gasteiger partial charge in [-0.2, -0.15) is 0 Å². The van der Waals surface area contributed by atoms with E-state index in [9.17, 15) is 25.2 Å². The number of aromatic nitrogens is 2. The SMILES string of the molecule is CCOc1cc2c(cc1OC)C(c1cc(OC)nnc1OC)=N[C@@H]1CC[C@@H](OC(=O)[C@H](O)[C@@H](O)[C@H](O)[C@H](O)CO)C[C@H]21. The van der Waals surface area contributed by atoms with Crippen LogP contribution in [0.5, 0.6) is 23.3 Å². The topological polar surface area (TPSA) is 203 Å². The Bertz CT molecular complexity index is 1290. The number of hydrogen-bond acceptors (Lipinski definition) is 14. The fourth-order valence-electron chi connectivity index (χ4n) is 5.36. The molecule has 14 nitrogen and oxygen atoms in total. The number of rotatable bonds is 12. The van der Waals surface area contributed by atoms with Crippen LogP contribution in [-0.2, 0) is 9.53 Å². The van der Waals surface area contributed by atoms with E-state index in [0.29, 0.717) is 48.6 Å². The van der Waals surface area contributed by atoms with E-state index < -0.39 is 43.1 Å². The summed E-state index contributed by atoms with van der Waals surface area (Å²) in [6.07, 6.45) is -7.24. The molecule has 1 aliphatic heterocycles. The molecule has 1 aliphatic carbocycles. The lowest BCUT2D eigenvalue weighted by atomic mass is 9.74. The Hall–Kier alpha value is -3.56. The standard InChI is InChI=1S/C28H37N3O11/c1-5-41-21-9-14-15-8-13(42-28(37)26(36)25(35)24(34)19(33)12-32)6-7-18(15)29-23(16(14)10-20(21)38-2)17-11-22(39-3)30-31-27(17)40-4/h9-11,13,15,18-19,24-26,32-36H,5-8,12H2,1-4H3/t13-,15-,18-,19-,24-,25+,26-/m1/s1. The summed E-state index contributed by atoms with van der Waals surface area (Å²) in [7, 11) is 4.51. The van der Waals surface area contributed by atoms with Crippen molar-refractivity contribution < 1.29 is 54.0 Å². The number of aliphatic hydroxyl groups is 5. The lowest BCUT2D eigenvalue weighted by Crippen LogP contribution is -2.50. The van der Waals surface area contributed by atoms with Crippen LogP contribution in [0.25, 0.3) is 0 Å². The highest BCUT2D eigenvalue weighted by Gasteiger charge is 2.41. The van der Waals surface area contributed by atoms with Gasteiger partial charge in [-0.25, -0.2) is 4.79 Å². The Morgan fingerprint density at radius 2 is 1.71 bits per heavy atom. The van der Waals surface area contributed by atoms with Crippen LogP contribution >= 0.6 is 0 Å². The molecule has 1 aromatic carbocycles. The minimum atomic E-state index is -2.13. The Balaban J connectivity index is 1.68. The lowest BCUT2D eigenvalue weighted by Gasteiger charge is -2.39. The third-order valence-corrected chi connectivity index (χ3v) is 7.53. The number of aliphatic imine (C=N–C) groups is 1. The lowest BCUT2D eigenvalue weighted by molar-refractivity contribution is -0.176. The predicted molar refractivity (Wildman–Crippen MR) is 146 cm³/mol. The molecule has 1 aromatic heterocycles. The van der Waals surface area contributed by atoms with Gasteiger partial charge in [0.15, 0.2) is 17.6 Å². The van der Waals surface area contributed by atoms with E-state index >= 15 is 0 Å². The maximum Gasteiger partial charge on any atom is 0.338 e. The Morgan fingerprint density at radius 3 is 2.36 bits per heavy atom. The number of benzene rings is 1. The van der Waals surface area contributed by atoms with Crippen molar-refractivity contribution in [2.45, 2.75) is 68.7 Å². The third-order valence-electron chi connectivity index (χ3n) is 7.53. The van der Waals surface area contributed by atoms with E-state index in [4.69, 9.17) is 33.8 Å². The number of nitrogens with zero attached hydrogens (tertiary/aromatic N) is 3. The molecule has 0 saturated heterocycles. The average molecular weight is 592 g/mol. The zero-order valence-corrected chi connectivity index (χ0v) is 23.8. The molecule has 5 N–H and O–H groups in total. The molecular weight excluding hydrogens is 554 g/mol. The normalized spacial score (nSPS) is 22.4. The molecule has 0 unspecified atom stereocenters. The number of aliphatic hydroxyl groups excluding tert-OH is 5. The number of fused-ring (bicyclic) bond motifs is 3. The van der Waals surface area contributed by atoms with E-state index in [0.717, 1.165) is 11.1 Å². The van der Waals surface area contributed by atoms with Crippen molar-refractivity contribution >= 4 is 11.7 Å². The summed E-state index contributed by atoms with van der Waals surface area (Å²) in [5, 5.41) is 56.9. The van der Waals surface area contributed by atoms with Crippen LogP contribution in [0.15, 0.2) is 23.2 Å². The molecule has 230 valence electrons. The van der Waals surface area contributed by atoms with E-state index in [1.165, 1.54) is 21.3 Å². The third kappa shape index (κ3) is 6.27. The molecule has 14 heteroatoms. The second-order valence-corrected chi connectivity index (χ2v) is 10.0.